The van der Waals surface area contributed by atoms with Crippen LogP contribution in [0, 0.1) is 12.8 Å². The molecule has 2 atom stereocenters. The molecular formula is C17H21ClN2. The topological polar surface area (TPSA) is 24.9 Å². The lowest BCUT2D eigenvalue weighted by Crippen LogP contribution is -2.30. The Morgan fingerprint density at radius 3 is 2.80 bits per heavy atom. The highest BCUT2D eigenvalue weighted by Gasteiger charge is 2.21. The normalized spacial score (nSPS) is 22.9. The Hall–Kier alpha value is -1.28. The van der Waals surface area contributed by atoms with Gasteiger partial charge in [0.1, 0.15) is 5.82 Å². The first-order valence-electron chi connectivity index (χ1n) is 7.47. The molecule has 1 aliphatic carbocycles. The number of aryl methyl sites for hydroxylation is 1. The summed E-state index contributed by atoms with van der Waals surface area (Å²) in [4.78, 5) is 4.73. The molecule has 1 aromatic carbocycles. The van der Waals surface area contributed by atoms with Gasteiger partial charge in [0.05, 0.1) is 5.52 Å². The molecule has 1 N–H and O–H groups in total. The van der Waals surface area contributed by atoms with E-state index < -0.39 is 0 Å². The lowest BCUT2D eigenvalue weighted by molar-refractivity contribution is 0.349. The van der Waals surface area contributed by atoms with Gasteiger partial charge in [0.2, 0.25) is 0 Å². The first-order chi connectivity index (χ1) is 9.63. The van der Waals surface area contributed by atoms with Crippen molar-refractivity contribution in [1.82, 2.24) is 4.98 Å². The van der Waals surface area contributed by atoms with Gasteiger partial charge < -0.3 is 5.32 Å². The molecule has 3 rings (SSSR count). The van der Waals surface area contributed by atoms with Gasteiger partial charge in [0, 0.05) is 16.5 Å². The SMILES string of the molecule is Cc1cc(N[C@H]2CCCC[C@@H]2C)nc2cc(Cl)ccc12. The predicted octanol–water partition coefficient (Wildman–Crippen LogP) is 5.19. The van der Waals surface area contributed by atoms with E-state index in [-0.39, 0.29) is 0 Å². The van der Waals surface area contributed by atoms with Crippen molar-refractivity contribution in [3.63, 3.8) is 0 Å². The minimum atomic E-state index is 0.548. The maximum atomic E-state index is 6.08. The number of hydrogen-bond donors (Lipinski definition) is 1. The molecule has 106 valence electrons. The van der Waals surface area contributed by atoms with Gasteiger partial charge in [0.15, 0.2) is 0 Å². The number of hydrogen-bond acceptors (Lipinski definition) is 2. The summed E-state index contributed by atoms with van der Waals surface area (Å²) >= 11 is 6.08. The quantitative estimate of drug-likeness (QED) is 0.823. The molecule has 0 saturated heterocycles. The number of fused-ring (bicyclic) bond motifs is 1. The second kappa shape index (κ2) is 5.61. The van der Waals surface area contributed by atoms with Gasteiger partial charge in [-0.2, -0.15) is 0 Å². The maximum Gasteiger partial charge on any atom is 0.127 e. The largest absolute Gasteiger partial charge is 0.367 e. The van der Waals surface area contributed by atoms with Crippen LogP contribution >= 0.6 is 11.6 Å². The molecule has 1 aromatic heterocycles. The molecule has 0 amide bonds. The number of anilines is 1. The van der Waals surface area contributed by atoms with E-state index in [4.69, 9.17) is 16.6 Å². The van der Waals surface area contributed by atoms with E-state index in [1.165, 1.54) is 36.6 Å². The summed E-state index contributed by atoms with van der Waals surface area (Å²) in [5, 5.41) is 5.55. The fourth-order valence-electron chi connectivity index (χ4n) is 3.17. The summed E-state index contributed by atoms with van der Waals surface area (Å²) in [7, 11) is 0. The fraction of sp³-hybridized carbons (Fsp3) is 0.471. The van der Waals surface area contributed by atoms with E-state index in [1.54, 1.807) is 0 Å². The van der Waals surface area contributed by atoms with E-state index in [2.05, 4.69) is 25.2 Å². The monoisotopic (exact) mass is 288 g/mol. The van der Waals surface area contributed by atoms with Gasteiger partial charge in [-0.05, 0) is 49.4 Å². The van der Waals surface area contributed by atoms with Crippen molar-refractivity contribution in [2.24, 2.45) is 5.92 Å². The van der Waals surface area contributed by atoms with E-state index >= 15 is 0 Å². The third kappa shape index (κ3) is 2.76. The van der Waals surface area contributed by atoms with Crippen LogP contribution in [0.5, 0.6) is 0 Å². The number of nitrogens with zero attached hydrogens (tertiary/aromatic N) is 1. The minimum Gasteiger partial charge on any atom is -0.367 e. The summed E-state index contributed by atoms with van der Waals surface area (Å²) in [6.07, 6.45) is 5.24. The van der Waals surface area contributed by atoms with E-state index in [9.17, 15) is 0 Å². The minimum absolute atomic E-state index is 0.548. The highest BCUT2D eigenvalue weighted by atomic mass is 35.5. The fourth-order valence-corrected chi connectivity index (χ4v) is 3.34. The van der Waals surface area contributed by atoms with Gasteiger partial charge >= 0.3 is 0 Å². The van der Waals surface area contributed by atoms with Crippen LogP contribution < -0.4 is 5.32 Å². The van der Waals surface area contributed by atoms with Crippen LogP contribution in [0.25, 0.3) is 10.9 Å². The van der Waals surface area contributed by atoms with Crippen LogP contribution in [0.4, 0.5) is 5.82 Å². The Morgan fingerprint density at radius 1 is 1.20 bits per heavy atom. The van der Waals surface area contributed by atoms with E-state index in [0.717, 1.165) is 22.3 Å². The molecule has 1 saturated carbocycles. The first-order valence-corrected chi connectivity index (χ1v) is 7.85. The predicted molar refractivity (Wildman–Crippen MR) is 86.5 cm³/mol. The highest BCUT2D eigenvalue weighted by molar-refractivity contribution is 6.31. The van der Waals surface area contributed by atoms with Crippen molar-refractivity contribution >= 4 is 28.3 Å². The van der Waals surface area contributed by atoms with E-state index in [0.29, 0.717) is 6.04 Å². The molecule has 0 bridgehead atoms. The Balaban J connectivity index is 1.91. The Morgan fingerprint density at radius 2 is 2.00 bits per heavy atom. The molecule has 3 heteroatoms. The Labute approximate surface area is 125 Å². The number of aromatic nitrogens is 1. The van der Waals surface area contributed by atoms with Crippen LogP contribution in [-0.4, -0.2) is 11.0 Å². The van der Waals surface area contributed by atoms with E-state index in [1.807, 2.05) is 18.2 Å². The van der Waals surface area contributed by atoms with Crippen molar-refractivity contribution in [3.8, 4) is 0 Å². The second-order valence-corrected chi connectivity index (χ2v) is 6.43. The summed E-state index contributed by atoms with van der Waals surface area (Å²) in [5.41, 5.74) is 2.22. The molecule has 2 aromatic rings. The average molecular weight is 289 g/mol. The van der Waals surface area contributed by atoms with Gasteiger partial charge in [-0.25, -0.2) is 4.98 Å². The number of benzene rings is 1. The lowest BCUT2D eigenvalue weighted by Gasteiger charge is -2.30. The molecule has 0 aliphatic heterocycles. The van der Waals surface area contributed by atoms with Crippen LogP contribution in [0.3, 0.4) is 0 Å². The number of nitrogens with one attached hydrogen (secondary N) is 1. The number of pyridine rings is 1. The van der Waals surface area contributed by atoms with Crippen molar-refractivity contribution < 1.29 is 0 Å². The van der Waals surface area contributed by atoms with Gasteiger partial charge in [-0.15, -0.1) is 0 Å². The molecule has 0 radical (unpaired) electrons. The van der Waals surface area contributed by atoms with Gasteiger partial charge in [0.25, 0.3) is 0 Å². The molecule has 1 heterocycles. The zero-order valence-corrected chi connectivity index (χ0v) is 12.9. The third-order valence-electron chi connectivity index (χ3n) is 4.42. The number of rotatable bonds is 2. The lowest BCUT2D eigenvalue weighted by atomic mass is 9.86. The zero-order valence-electron chi connectivity index (χ0n) is 12.1. The molecule has 2 nitrogen and oxygen atoms in total. The molecule has 0 spiro atoms. The smallest absolute Gasteiger partial charge is 0.127 e. The Kier molecular flexibility index (Phi) is 3.84. The summed E-state index contributed by atoms with van der Waals surface area (Å²) < 4.78 is 0. The first kappa shape index (κ1) is 13.7. The van der Waals surface area contributed by atoms with Crippen molar-refractivity contribution in [3.05, 3.63) is 34.9 Å². The Bertz CT molecular complexity index is 624. The van der Waals surface area contributed by atoms with Crippen molar-refractivity contribution in [2.75, 3.05) is 5.32 Å². The van der Waals surface area contributed by atoms with Crippen molar-refractivity contribution in [1.29, 1.82) is 0 Å². The summed E-state index contributed by atoms with van der Waals surface area (Å²) in [6.45, 7) is 4.47. The van der Waals surface area contributed by atoms with Crippen LogP contribution in [0.2, 0.25) is 5.02 Å². The number of halogens is 1. The summed E-state index contributed by atoms with van der Waals surface area (Å²) in [6, 6.07) is 8.62. The van der Waals surface area contributed by atoms with Gasteiger partial charge in [-0.1, -0.05) is 37.4 Å². The molecule has 20 heavy (non-hydrogen) atoms. The highest BCUT2D eigenvalue weighted by Crippen LogP contribution is 2.28. The van der Waals surface area contributed by atoms with Crippen LogP contribution in [-0.2, 0) is 0 Å². The third-order valence-corrected chi connectivity index (χ3v) is 4.66. The summed E-state index contributed by atoms with van der Waals surface area (Å²) in [5.74, 6) is 1.71. The molecule has 0 unspecified atom stereocenters. The van der Waals surface area contributed by atoms with Crippen molar-refractivity contribution in [2.45, 2.75) is 45.6 Å². The average Bonchev–Trinajstić information content (AvgIpc) is 2.41. The van der Waals surface area contributed by atoms with Gasteiger partial charge in [-0.3, -0.25) is 0 Å². The molecule has 1 fully saturated rings. The maximum absolute atomic E-state index is 6.08. The van der Waals surface area contributed by atoms with Crippen LogP contribution in [0.15, 0.2) is 24.3 Å². The van der Waals surface area contributed by atoms with Crippen LogP contribution in [0.1, 0.15) is 38.2 Å². The zero-order chi connectivity index (χ0) is 14.1. The second-order valence-electron chi connectivity index (χ2n) is 6.00. The molecular weight excluding hydrogens is 268 g/mol. The molecule has 1 aliphatic rings. The standard InChI is InChI=1S/C17H21ClN2/c1-11-5-3-4-6-15(11)19-17-9-12(2)14-8-7-13(18)10-16(14)20-17/h7-11,15H,3-6H2,1-2H3,(H,19,20)/t11-,15-/m0/s1.